The summed E-state index contributed by atoms with van der Waals surface area (Å²) >= 11 is 1.68. The Morgan fingerprint density at radius 2 is 1.97 bits per heavy atom. The second-order valence-electron chi connectivity index (χ2n) is 7.77. The van der Waals surface area contributed by atoms with E-state index in [2.05, 4.69) is 15.6 Å². The smallest absolute Gasteiger partial charge is 0.326 e. The number of carbonyl (C=O) groups excluding carboxylic acids is 2. The summed E-state index contributed by atoms with van der Waals surface area (Å²) in [4.78, 5) is 31.5. The van der Waals surface area contributed by atoms with Crippen molar-refractivity contribution in [3.05, 3.63) is 47.2 Å². The van der Waals surface area contributed by atoms with Crippen molar-refractivity contribution in [3.8, 4) is 0 Å². The standard InChI is InChI=1S/C23H30N4O3S/c1-15(2)30-12-5-10-24-21(28)18-6-8-19(9-7-18)26-23(29)27-11-13-31-22-20(27)16(3)14-17(4)25-22/h6-9,14-15H,5,10-13H2,1-4H3,(H,24,28)(H,26,29). The molecule has 3 amide bonds. The number of nitrogens with one attached hydrogen (secondary N) is 2. The molecule has 0 bridgehead atoms. The Morgan fingerprint density at radius 1 is 1.23 bits per heavy atom. The van der Waals surface area contributed by atoms with Gasteiger partial charge in [0.15, 0.2) is 0 Å². The van der Waals surface area contributed by atoms with Crippen molar-refractivity contribution < 1.29 is 14.3 Å². The molecule has 1 aliphatic rings. The van der Waals surface area contributed by atoms with E-state index in [1.165, 1.54) is 0 Å². The highest BCUT2D eigenvalue weighted by atomic mass is 32.2. The third-order valence-electron chi connectivity index (χ3n) is 4.80. The van der Waals surface area contributed by atoms with Crippen LogP contribution < -0.4 is 15.5 Å². The highest BCUT2D eigenvalue weighted by molar-refractivity contribution is 7.99. The van der Waals surface area contributed by atoms with Gasteiger partial charge in [-0.25, -0.2) is 9.78 Å². The fourth-order valence-electron chi connectivity index (χ4n) is 3.36. The molecule has 31 heavy (non-hydrogen) atoms. The predicted molar refractivity (Wildman–Crippen MR) is 125 cm³/mol. The Morgan fingerprint density at radius 3 is 2.68 bits per heavy atom. The number of hydrogen-bond acceptors (Lipinski definition) is 5. The van der Waals surface area contributed by atoms with Crippen LogP contribution >= 0.6 is 11.8 Å². The van der Waals surface area contributed by atoms with Crippen LogP contribution in [0.3, 0.4) is 0 Å². The zero-order valence-corrected chi connectivity index (χ0v) is 19.3. The van der Waals surface area contributed by atoms with Gasteiger partial charge >= 0.3 is 6.03 Å². The number of amides is 3. The summed E-state index contributed by atoms with van der Waals surface area (Å²) in [5.74, 6) is 0.666. The summed E-state index contributed by atoms with van der Waals surface area (Å²) in [7, 11) is 0. The number of anilines is 2. The number of urea groups is 1. The molecule has 0 spiro atoms. The number of nitrogens with zero attached hydrogens (tertiary/aromatic N) is 2. The van der Waals surface area contributed by atoms with Gasteiger partial charge in [0.2, 0.25) is 0 Å². The molecule has 0 saturated heterocycles. The first kappa shape index (κ1) is 23.1. The van der Waals surface area contributed by atoms with E-state index in [4.69, 9.17) is 4.74 Å². The number of thioether (sulfide) groups is 1. The van der Waals surface area contributed by atoms with Crippen LogP contribution in [0.1, 0.15) is 41.9 Å². The van der Waals surface area contributed by atoms with Gasteiger partial charge in [-0.1, -0.05) is 0 Å². The zero-order chi connectivity index (χ0) is 22.4. The Hall–Kier alpha value is -2.58. The van der Waals surface area contributed by atoms with Crippen LogP contribution in [0.2, 0.25) is 0 Å². The monoisotopic (exact) mass is 442 g/mol. The molecular weight excluding hydrogens is 412 g/mol. The molecular formula is C23H30N4O3S. The summed E-state index contributed by atoms with van der Waals surface area (Å²) in [5.41, 5.74) is 4.06. The first-order chi connectivity index (χ1) is 14.8. The molecule has 8 heteroatoms. The normalized spacial score (nSPS) is 13.1. The Kier molecular flexibility index (Phi) is 7.92. The molecule has 3 rings (SSSR count). The molecule has 1 aromatic carbocycles. The molecule has 2 heterocycles. The second-order valence-corrected chi connectivity index (χ2v) is 8.85. The summed E-state index contributed by atoms with van der Waals surface area (Å²) in [6, 6.07) is 8.71. The largest absolute Gasteiger partial charge is 0.379 e. The van der Waals surface area contributed by atoms with Gasteiger partial charge in [-0.15, -0.1) is 11.8 Å². The molecule has 0 fully saturated rings. The van der Waals surface area contributed by atoms with Crippen LogP contribution in [-0.4, -0.2) is 48.5 Å². The first-order valence-electron chi connectivity index (χ1n) is 10.5. The van der Waals surface area contributed by atoms with E-state index in [9.17, 15) is 9.59 Å². The molecule has 0 unspecified atom stereocenters. The van der Waals surface area contributed by atoms with E-state index < -0.39 is 0 Å². The van der Waals surface area contributed by atoms with Crippen LogP contribution in [0, 0.1) is 13.8 Å². The second kappa shape index (κ2) is 10.6. The zero-order valence-electron chi connectivity index (χ0n) is 18.5. The SMILES string of the molecule is Cc1cc(C)c2c(n1)SCCN2C(=O)Nc1ccc(C(=O)NCCCOC(C)C)cc1. The molecule has 7 nitrogen and oxygen atoms in total. The Bertz CT molecular complexity index is 931. The van der Waals surface area contributed by atoms with Crippen molar-refractivity contribution in [2.75, 3.05) is 35.7 Å². The fraction of sp³-hybridized carbons (Fsp3) is 0.435. The summed E-state index contributed by atoms with van der Waals surface area (Å²) in [6.45, 7) is 9.74. The number of aryl methyl sites for hydroxylation is 2. The Labute approximate surface area is 188 Å². The van der Waals surface area contributed by atoms with Gasteiger partial charge in [-0.05, 0) is 70.0 Å². The van der Waals surface area contributed by atoms with Gasteiger partial charge in [-0.2, -0.15) is 0 Å². The quantitative estimate of drug-likeness (QED) is 0.622. The van der Waals surface area contributed by atoms with Crippen molar-refractivity contribution in [2.45, 2.75) is 45.2 Å². The van der Waals surface area contributed by atoms with E-state index in [0.29, 0.717) is 30.9 Å². The molecule has 0 atom stereocenters. The fourth-order valence-corrected chi connectivity index (χ4v) is 4.45. The van der Waals surface area contributed by atoms with Crippen molar-refractivity contribution in [2.24, 2.45) is 0 Å². The van der Waals surface area contributed by atoms with Gasteiger partial charge in [0.1, 0.15) is 5.03 Å². The summed E-state index contributed by atoms with van der Waals surface area (Å²) < 4.78 is 5.47. The minimum absolute atomic E-state index is 0.138. The Balaban J connectivity index is 1.57. The topological polar surface area (TPSA) is 83.6 Å². The van der Waals surface area contributed by atoms with Crippen LogP contribution in [0.25, 0.3) is 0 Å². The van der Waals surface area contributed by atoms with Crippen molar-refractivity contribution in [1.82, 2.24) is 10.3 Å². The van der Waals surface area contributed by atoms with Gasteiger partial charge in [0.05, 0.1) is 11.8 Å². The number of aromatic nitrogens is 1. The summed E-state index contributed by atoms with van der Waals surface area (Å²) in [6.07, 6.45) is 0.960. The number of carbonyl (C=O) groups is 2. The molecule has 2 aromatic rings. The predicted octanol–water partition coefficient (Wildman–Crippen LogP) is 4.39. The number of fused-ring (bicyclic) bond motifs is 1. The van der Waals surface area contributed by atoms with Gasteiger partial charge < -0.3 is 15.4 Å². The van der Waals surface area contributed by atoms with E-state index >= 15 is 0 Å². The van der Waals surface area contributed by atoms with Crippen molar-refractivity contribution >= 4 is 35.1 Å². The molecule has 0 saturated carbocycles. The minimum atomic E-state index is -0.197. The average molecular weight is 443 g/mol. The molecule has 0 radical (unpaired) electrons. The lowest BCUT2D eigenvalue weighted by molar-refractivity contribution is 0.0757. The first-order valence-corrected chi connectivity index (χ1v) is 11.5. The van der Waals surface area contributed by atoms with Crippen LogP contribution in [0.15, 0.2) is 35.4 Å². The number of benzene rings is 1. The van der Waals surface area contributed by atoms with Gasteiger partial charge in [-0.3, -0.25) is 9.69 Å². The molecule has 166 valence electrons. The highest BCUT2D eigenvalue weighted by Crippen LogP contribution is 2.36. The maximum Gasteiger partial charge on any atom is 0.326 e. The van der Waals surface area contributed by atoms with E-state index in [-0.39, 0.29) is 18.0 Å². The lowest BCUT2D eigenvalue weighted by atomic mass is 10.2. The number of rotatable bonds is 7. The van der Waals surface area contributed by atoms with E-state index in [0.717, 1.165) is 34.1 Å². The van der Waals surface area contributed by atoms with Crippen LogP contribution in [-0.2, 0) is 4.74 Å². The van der Waals surface area contributed by atoms with Crippen molar-refractivity contribution in [3.63, 3.8) is 0 Å². The number of hydrogen-bond donors (Lipinski definition) is 2. The number of ether oxygens (including phenoxy) is 1. The van der Waals surface area contributed by atoms with Crippen LogP contribution in [0.5, 0.6) is 0 Å². The van der Waals surface area contributed by atoms with Crippen LogP contribution in [0.4, 0.5) is 16.2 Å². The molecule has 1 aliphatic heterocycles. The summed E-state index contributed by atoms with van der Waals surface area (Å²) in [5, 5.41) is 6.71. The maximum atomic E-state index is 12.9. The van der Waals surface area contributed by atoms with Crippen molar-refractivity contribution in [1.29, 1.82) is 0 Å². The van der Waals surface area contributed by atoms with E-state index in [1.807, 2.05) is 33.8 Å². The number of pyridine rings is 1. The molecule has 1 aromatic heterocycles. The maximum absolute atomic E-state index is 12.9. The lowest BCUT2D eigenvalue weighted by Gasteiger charge is -2.30. The average Bonchev–Trinajstić information content (AvgIpc) is 2.73. The third-order valence-corrected chi connectivity index (χ3v) is 5.75. The molecule has 2 N–H and O–H groups in total. The van der Waals surface area contributed by atoms with E-state index in [1.54, 1.807) is 40.9 Å². The van der Waals surface area contributed by atoms with Gasteiger partial charge in [0, 0.05) is 42.4 Å². The minimum Gasteiger partial charge on any atom is -0.379 e. The highest BCUT2D eigenvalue weighted by Gasteiger charge is 2.26. The van der Waals surface area contributed by atoms with Gasteiger partial charge in [0.25, 0.3) is 5.91 Å². The third kappa shape index (κ3) is 6.21. The molecule has 0 aliphatic carbocycles. The lowest BCUT2D eigenvalue weighted by Crippen LogP contribution is -2.39.